The summed E-state index contributed by atoms with van der Waals surface area (Å²) in [6.07, 6.45) is 1.51. The highest BCUT2D eigenvalue weighted by atomic mass is 79.9. The molecule has 1 aromatic carbocycles. The molecule has 0 aliphatic carbocycles. The van der Waals surface area contributed by atoms with Gasteiger partial charge in [-0.25, -0.2) is 4.98 Å². The van der Waals surface area contributed by atoms with Crippen molar-refractivity contribution in [2.45, 2.75) is 0 Å². The fourth-order valence-corrected chi connectivity index (χ4v) is 1.82. The van der Waals surface area contributed by atoms with Crippen molar-refractivity contribution in [3.8, 4) is 5.75 Å². The summed E-state index contributed by atoms with van der Waals surface area (Å²) in [6.45, 7) is 0. The fraction of sp³-hybridized carbons (Fsp3) is 0.111. The molecule has 0 aliphatic rings. The highest BCUT2D eigenvalue weighted by molar-refractivity contribution is 9.10. The number of ether oxygens (including phenoxy) is 1. The topological polar surface area (TPSA) is 35.0 Å². The number of hydrogen-bond donors (Lipinski definition) is 0. The first-order valence-corrected chi connectivity index (χ1v) is 5.04. The summed E-state index contributed by atoms with van der Waals surface area (Å²) in [5.74, 6) is 0.650. The molecule has 14 heavy (non-hydrogen) atoms. The van der Waals surface area contributed by atoms with E-state index in [9.17, 15) is 0 Å². The molecule has 0 amide bonds. The first kappa shape index (κ1) is 9.68. The molecular formula is C9H6BrClN2O. The molecule has 2 rings (SSSR count). The molecule has 72 valence electrons. The van der Waals surface area contributed by atoms with Gasteiger partial charge in [-0.05, 0) is 28.1 Å². The molecule has 0 saturated carbocycles. The smallest absolute Gasteiger partial charge is 0.160 e. The highest BCUT2D eigenvalue weighted by Gasteiger charge is 2.08. The van der Waals surface area contributed by atoms with Crippen molar-refractivity contribution in [2.24, 2.45) is 0 Å². The maximum atomic E-state index is 5.76. The summed E-state index contributed by atoms with van der Waals surface area (Å²) in [5.41, 5.74) is 1.42. The van der Waals surface area contributed by atoms with Gasteiger partial charge in [0, 0.05) is 0 Å². The Morgan fingerprint density at radius 2 is 2.21 bits per heavy atom. The van der Waals surface area contributed by atoms with E-state index in [1.807, 2.05) is 12.1 Å². The van der Waals surface area contributed by atoms with E-state index in [2.05, 4.69) is 25.9 Å². The Hall–Kier alpha value is -0.870. The van der Waals surface area contributed by atoms with Gasteiger partial charge in [-0.2, -0.15) is 0 Å². The third-order valence-electron chi connectivity index (χ3n) is 1.80. The number of rotatable bonds is 1. The van der Waals surface area contributed by atoms with E-state index in [-0.39, 0.29) is 0 Å². The van der Waals surface area contributed by atoms with Crippen molar-refractivity contribution in [3.63, 3.8) is 0 Å². The molecule has 0 fully saturated rings. The standard InChI is InChI=1S/C9H6BrClN2O/c1-14-9-5(10)2-3-6-8(9)13-7(11)4-12-6/h2-4H,1H3. The van der Waals surface area contributed by atoms with Crippen molar-refractivity contribution >= 4 is 38.6 Å². The van der Waals surface area contributed by atoms with E-state index in [1.54, 1.807) is 7.11 Å². The molecule has 1 aromatic heterocycles. The van der Waals surface area contributed by atoms with Gasteiger partial charge in [0.1, 0.15) is 10.7 Å². The molecule has 3 nitrogen and oxygen atoms in total. The Labute approximate surface area is 94.2 Å². The summed E-state index contributed by atoms with van der Waals surface area (Å²) in [4.78, 5) is 8.29. The molecule has 0 spiro atoms. The summed E-state index contributed by atoms with van der Waals surface area (Å²) in [5, 5.41) is 0.355. The van der Waals surface area contributed by atoms with Gasteiger partial charge in [0.15, 0.2) is 5.75 Å². The van der Waals surface area contributed by atoms with E-state index in [4.69, 9.17) is 16.3 Å². The zero-order valence-electron chi connectivity index (χ0n) is 7.29. The Balaban J connectivity index is 2.84. The molecular weight excluding hydrogens is 267 g/mol. The lowest BCUT2D eigenvalue weighted by Gasteiger charge is -2.05. The van der Waals surface area contributed by atoms with Crippen LogP contribution in [0.2, 0.25) is 5.15 Å². The Morgan fingerprint density at radius 3 is 2.93 bits per heavy atom. The molecule has 0 aliphatic heterocycles. The normalized spacial score (nSPS) is 10.5. The minimum Gasteiger partial charge on any atom is -0.493 e. The van der Waals surface area contributed by atoms with Crippen LogP contribution in [-0.2, 0) is 0 Å². The highest BCUT2D eigenvalue weighted by Crippen LogP contribution is 2.31. The van der Waals surface area contributed by atoms with Crippen LogP contribution in [0.1, 0.15) is 0 Å². The van der Waals surface area contributed by atoms with E-state index in [0.29, 0.717) is 16.4 Å². The van der Waals surface area contributed by atoms with Gasteiger partial charge >= 0.3 is 0 Å². The zero-order valence-corrected chi connectivity index (χ0v) is 9.63. The number of halogens is 2. The first-order valence-electron chi connectivity index (χ1n) is 3.87. The number of aromatic nitrogens is 2. The third-order valence-corrected chi connectivity index (χ3v) is 2.60. The molecule has 2 aromatic rings. The van der Waals surface area contributed by atoms with Crippen molar-refractivity contribution in [3.05, 3.63) is 28.0 Å². The molecule has 0 atom stereocenters. The Bertz CT molecular complexity index is 484. The molecule has 1 heterocycles. The monoisotopic (exact) mass is 272 g/mol. The first-order chi connectivity index (χ1) is 6.72. The van der Waals surface area contributed by atoms with E-state index in [0.717, 1.165) is 9.99 Å². The van der Waals surface area contributed by atoms with Gasteiger partial charge < -0.3 is 4.74 Å². The molecule has 0 unspecified atom stereocenters. The number of hydrogen-bond acceptors (Lipinski definition) is 3. The SMILES string of the molecule is COc1c(Br)ccc2ncc(Cl)nc12. The number of fused-ring (bicyclic) bond motifs is 1. The predicted octanol–water partition coefficient (Wildman–Crippen LogP) is 3.05. The Kier molecular flexibility index (Phi) is 2.56. The number of benzene rings is 1. The Morgan fingerprint density at radius 1 is 1.43 bits per heavy atom. The maximum Gasteiger partial charge on any atom is 0.160 e. The number of methoxy groups -OCH3 is 1. The van der Waals surface area contributed by atoms with Crippen LogP contribution in [0.15, 0.2) is 22.8 Å². The zero-order chi connectivity index (χ0) is 10.1. The van der Waals surface area contributed by atoms with Crippen LogP contribution in [0.3, 0.4) is 0 Å². The lowest BCUT2D eigenvalue weighted by atomic mass is 10.3. The number of nitrogens with zero attached hydrogens (tertiary/aromatic N) is 2. The summed E-state index contributed by atoms with van der Waals surface area (Å²) in [7, 11) is 1.59. The van der Waals surface area contributed by atoms with Gasteiger partial charge in [0.25, 0.3) is 0 Å². The van der Waals surface area contributed by atoms with Crippen molar-refractivity contribution in [1.82, 2.24) is 9.97 Å². The second-order valence-corrected chi connectivity index (χ2v) is 3.88. The average Bonchev–Trinajstić information content (AvgIpc) is 2.17. The van der Waals surface area contributed by atoms with Gasteiger partial charge in [-0.15, -0.1) is 0 Å². The molecule has 0 radical (unpaired) electrons. The maximum absolute atomic E-state index is 5.76. The largest absolute Gasteiger partial charge is 0.493 e. The van der Waals surface area contributed by atoms with Gasteiger partial charge in [0.05, 0.1) is 23.3 Å². The van der Waals surface area contributed by atoms with Gasteiger partial charge in [-0.3, -0.25) is 4.98 Å². The molecule has 0 N–H and O–H groups in total. The summed E-state index contributed by atoms with van der Waals surface area (Å²) in [6, 6.07) is 3.72. The van der Waals surface area contributed by atoms with E-state index in [1.165, 1.54) is 6.20 Å². The lowest BCUT2D eigenvalue weighted by molar-refractivity contribution is 0.416. The molecule has 0 saturated heterocycles. The second-order valence-electron chi connectivity index (χ2n) is 2.64. The van der Waals surface area contributed by atoms with Crippen molar-refractivity contribution in [1.29, 1.82) is 0 Å². The van der Waals surface area contributed by atoms with Crippen LogP contribution < -0.4 is 4.74 Å². The van der Waals surface area contributed by atoms with Crippen LogP contribution in [0, 0.1) is 0 Å². The van der Waals surface area contributed by atoms with Gasteiger partial charge in [0.2, 0.25) is 0 Å². The van der Waals surface area contributed by atoms with Crippen LogP contribution in [0.25, 0.3) is 11.0 Å². The minimum atomic E-state index is 0.355. The third kappa shape index (κ3) is 1.55. The summed E-state index contributed by atoms with van der Waals surface area (Å²) >= 11 is 9.12. The molecule has 0 bridgehead atoms. The summed E-state index contributed by atoms with van der Waals surface area (Å²) < 4.78 is 6.04. The second kappa shape index (κ2) is 3.71. The minimum absolute atomic E-state index is 0.355. The molecule has 5 heteroatoms. The van der Waals surface area contributed by atoms with Crippen molar-refractivity contribution < 1.29 is 4.74 Å². The van der Waals surface area contributed by atoms with E-state index < -0.39 is 0 Å². The van der Waals surface area contributed by atoms with Crippen LogP contribution in [-0.4, -0.2) is 17.1 Å². The van der Waals surface area contributed by atoms with Crippen LogP contribution in [0.5, 0.6) is 5.75 Å². The van der Waals surface area contributed by atoms with Crippen LogP contribution >= 0.6 is 27.5 Å². The quantitative estimate of drug-likeness (QED) is 0.801. The van der Waals surface area contributed by atoms with E-state index >= 15 is 0 Å². The van der Waals surface area contributed by atoms with Crippen LogP contribution in [0.4, 0.5) is 0 Å². The van der Waals surface area contributed by atoms with Crippen molar-refractivity contribution in [2.75, 3.05) is 7.11 Å². The predicted molar refractivity (Wildman–Crippen MR) is 58.8 cm³/mol. The fourth-order valence-electron chi connectivity index (χ4n) is 1.20. The van der Waals surface area contributed by atoms with Gasteiger partial charge in [-0.1, -0.05) is 11.6 Å². The average molecular weight is 274 g/mol. The lowest BCUT2D eigenvalue weighted by Crippen LogP contribution is -1.91.